The van der Waals surface area contributed by atoms with E-state index in [0.717, 1.165) is 0 Å². The van der Waals surface area contributed by atoms with E-state index in [1.807, 2.05) is 0 Å². The Morgan fingerprint density at radius 2 is 1.93 bits per heavy atom. The minimum absolute atomic E-state index is 0.0350. The van der Waals surface area contributed by atoms with Gasteiger partial charge in [-0.15, -0.1) is 0 Å². The van der Waals surface area contributed by atoms with E-state index in [4.69, 9.17) is 5.11 Å². The highest BCUT2D eigenvalue weighted by molar-refractivity contribution is 9.10. The van der Waals surface area contributed by atoms with Crippen LogP contribution in [0.2, 0.25) is 0 Å². The van der Waals surface area contributed by atoms with Crippen molar-refractivity contribution in [2.45, 2.75) is 19.1 Å². The second-order valence-electron chi connectivity index (χ2n) is 2.94. The van der Waals surface area contributed by atoms with Gasteiger partial charge in [0.1, 0.15) is 0 Å². The molecule has 1 atom stereocenters. The van der Waals surface area contributed by atoms with Crippen LogP contribution in [0.4, 0.5) is 8.78 Å². The number of ether oxygens (including phenoxy) is 1. The monoisotopic (exact) mass is 280 g/mol. The molecule has 1 unspecified atom stereocenters. The van der Waals surface area contributed by atoms with E-state index >= 15 is 0 Å². The number of alkyl halides is 2. The van der Waals surface area contributed by atoms with E-state index in [9.17, 15) is 8.78 Å². The SMILES string of the molecule is CCOC(O)C(F)(F)c1ccc(Br)cc1. The smallest absolute Gasteiger partial charge is 0.322 e. The van der Waals surface area contributed by atoms with Crippen molar-refractivity contribution in [3.05, 3.63) is 34.3 Å². The minimum Gasteiger partial charge on any atom is -0.363 e. The van der Waals surface area contributed by atoms with E-state index in [2.05, 4.69) is 20.7 Å². The summed E-state index contributed by atoms with van der Waals surface area (Å²) in [5.41, 5.74) is -0.272. The van der Waals surface area contributed by atoms with E-state index < -0.39 is 12.2 Å². The van der Waals surface area contributed by atoms with Gasteiger partial charge in [-0.2, -0.15) is 8.78 Å². The first-order valence-corrected chi connectivity index (χ1v) is 5.21. The molecule has 0 radical (unpaired) electrons. The van der Waals surface area contributed by atoms with Crippen LogP contribution < -0.4 is 0 Å². The molecule has 0 spiro atoms. The van der Waals surface area contributed by atoms with Gasteiger partial charge in [-0.05, 0) is 19.1 Å². The van der Waals surface area contributed by atoms with Crippen molar-refractivity contribution in [1.82, 2.24) is 0 Å². The molecule has 1 N–H and O–H groups in total. The first-order valence-electron chi connectivity index (χ1n) is 4.42. The van der Waals surface area contributed by atoms with Gasteiger partial charge in [0.05, 0.1) is 0 Å². The van der Waals surface area contributed by atoms with Gasteiger partial charge in [-0.1, -0.05) is 28.1 Å². The first kappa shape index (κ1) is 12.5. The van der Waals surface area contributed by atoms with Crippen LogP contribution in [0.25, 0.3) is 0 Å². The molecular weight excluding hydrogens is 270 g/mol. The van der Waals surface area contributed by atoms with Gasteiger partial charge in [0, 0.05) is 16.6 Å². The summed E-state index contributed by atoms with van der Waals surface area (Å²) in [5.74, 6) is -3.39. The van der Waals surface area contributed by atoms with Crippen LogP contribution >= 0.6 is 15.9 Å². The van der Waals surface area contributed by atoms with E-state index in [1.54, 1.807) is 6.92 Å². The normalized spacial score (nSPS) is 13.9. The van der Waals surface area contributed by atoms with E-state index in [0.29, 0.717) is 4.47 Å². The number of aliphatic hydroxyl groups excluding tert-OH is 1. The summed E-state index contributed by atoms with van der Waals surface area (Å²) in [5, 5.41) is 9.12. The van der Waals surface area contributed by atoms with Gasteiger partial charge in [0.15, 0.2) is 0 Å². The molecule has 0 bridgehead atoms. The van der Waals surface area contributed by atoms with E-state index in [-0.39, 0.29) is 12.2 Å². The van der Waals surface area contributed by atoms with Crippen molar-refractivity contribution in [2.24, 2.45) is 0 Å². The quantitative estimate of drug-likeness (QED) is 0.860. The lowest BCUT2D eigenvalue weighted by Crippen LogP contribution is -2.33. The molecule has 15 heavy (non-hydrogen) atoms. The van der Waals surface area contributed by atoms with Crippen LogP contribution in [0.5, 0.6) is 0 Å². The average Bonchev–Trinajstić information content (AvgIpc) is 2.18. The summed E-state index contributed by atoms with van der Waals surface area (Å²) in [6, 6.07) is 5.46. The Labute approximate surface area is 95.0 Å². The zero-order valence-electron chi connectivity index (χ0n) is 8.08. The maximum absolute atomic E-state index is 13.5. The number of halogens is 3. The van der Waals surface area contributed by atoms with Gasteiger partial charge in [0.2, 0.25) is 6.29 Å². The molecule has 0 saturated heterocycles. The Hall–Kier alpha value is -0.520. The van der Waals surface area contributed by atoms with Crippen molar-refractivity contribution in [2.75, 3.05) is 6.61 Å². The third-order valence-corrected chi connectivity index (χ3v) is 2.39. The predicted octanol–water partition coefficient (Wildman–Crippen LogP) is 2.90. The zero-order chi connectivity index (χ0) is 11.5. The third kappa shape index (κ3) is 2.96. The lowest BCUT2D eigenvalue weighted by molar-refractivity contribution is -0.238. The lowest BCUT2D eigenvalue weighted by atomic mass is 10.1. The Morgan fingerprint density at radius 3 is 2.40 bits per heavy atom. The predicted molar refractivity (Wildman–Crippen MR) is 55.7 cm³/mol. The lowest BCUT2D eigenvalue weighted by Gasteiger charge is -2.22. The van der Waals surface area contributed by atoms with Crippen LogP contribution in [0.3, 0.4) is 0 Å². The first-order chi connectivity index (χ1) is 6.98. The van der Waals surface area contributed by atoms with Gasteiger partial charge >= 0.3 is 5.92 Å². The molecule has 1 rings (SSSR count). The van der Waals surface area contributed by atoms with Crippen molar-refractivity contribution in [3.63, 3.8) is 0 Å². The average molecular weight is 281 g/mol. The molecule has 2 nitrogen and oxygen atoms in total. The Kier molecular flexibility index (Phi) is 4.19. The molecule has 0 amide bonds. The minimum atomic E-state index is -3.39. The van der Waals surface area contributed by atoms with Crippen LogP contribution in [0, 0.1) is 0 Å². The number of aliphatic hydroxyl groups is 1. The molecule has 0 heterocycles. The molecule has 0 aliphatic carbocycles. The van der Waals surface area contributed by atoms with Crippen molar-refractivity contribution < 1.29 is 18.6 Å². The summed E-state index contributed by atoms with van der Waals surface area (Å²) in [4.78, 5) is 0. The molecule has 0 saturated carbocycles. The fourth-order valence-corrected chi connectivity index (χ4v) is 1.34. The zero-order valence-corrected chi connectivity index (χ0v) is 9.67. The Bertz CT molecular complexity index is 314. The van der Waals surface area contributed by atoms with E-state index in [1.165, 1.54) is 24.3 Å². The van der Waals surface area contributed by atoms with Crippen molar-refractivity contribution >= 4 is 15.9 Å². The largest absolute Gasteiger partial charge is 0.363 e. The van der Waals surface area contributed by atoms with Gasteiger partial charge in [0.25, 0.3) is 0 Å². The van der Waals surface area contributed by atoms with Crippen LogP contribution in [0.1, 0.15) is 12.5 Å². The Morgan fingerprint density at radius 1 is 1.40 bits per heavy atom. The summed E-state index contributed by atoms with van der Waals surface area (Å²) in [6.45, 7) is 1.58. The third-order valence-electron chi connectivity index (χ3n) is 1.86. The van der Waals surface area contributed by atoms with Gasteiger partial charge in [-0.3, -0.25) is 0 Å². The van der Waals surface area contributed by atoms with Crippen molar-refractivity contribution in [1.29, 1.82) is 0 Å². The molecule has 1 aromatic rings. The Balaban J connectivity index is 2.89. The van der Waals surface area contributed by atoms with Gasteiger partial charge in [-0.25, -0.2) is 0 Å². The second-order valence-corrected chi connectivity index (χ2v) is 3.85. The summed E-state index contributed by atoms with van der Waals surface area (Å²) < 4.78 is 32.1. The second kappa shape index (κ2) is 5.01. The molecule has 1 aromatic carbocycles. The highest BCUT2D eigenvalue weighted by Crippen LogP contribution is 2.32. The fraction of sp³-hybridized carbons (Fsp3) is 0.400. The molecule has 0 aromatic heterocycles. The maximum atomic E-state index is 13.5. The highest BCUT2D eigenvalue weighted by Gasteiger charge is 2.41. The number of hydrogen-bond donors (Lipinski definition) is 1. The summed E-state index contributed by atoms with van der Waals surface area (Å²) in [6.07, 6.45) is -2.11. The number of hydrogen-bond acceptors (Lipinski definition) is 2. The highest BCUT2D eigenvalue weighted by atomic mass is 79.9. The molecule has 0 aliphatic heterocycles. The number of benzene rings is 1. The molecule has 84 valence electrons. The van der Waals surface area contributed by atoms with Crippen LogP contribution in [-0.2, 0) is 10.7 Å². The molecule has 0 aliphatic rings. The van der Waals surface area contributed by atoms with Gasteiger partial charge < -0.3 is 9.84 Å². The standard InChI is InChI=1S/C10H11BrF2O2/c1-2-15-9(14)10(12,13)7-3-5-8(11)6-4-7/h3-6,9,14H,2H2,1H3. The molecular formula is C10H11BrF2O2. The summed E-state index contributed by atoms with van der Waals surface area (Å²) >= 11 is 3.14. The summed E-state index contributed by atoms with van der Waals surface area (Å²) in [7, 11) is 0. The topological polar surface area (TPSA) is 29.5 Å². The molecule has 5 heteroatoms. The van der Waals surface area contributed by atoms with Crippen LogP contribution in [0.15, 0.2) is 28.7 Å². The number of rotatable bonds is 4. The van der Waals surface area contributed by atoms with Crippen LogP contribution in [-0.4, -0.2) is 18.0 Å². The van der Waals surface area contributed by atoms with Crippen molar-refractivity contribution in [3.8, 4) is 0 Å². The maximum Gasteiger partial charge on any atom is 0.322 e. The fourth-order valence-electron chi connectivity index (χ4n) is 1.08. The molecule has 0 fully saturated rings.